The van der Waals surface area contributed by atoms with E-state index in [0.717, 1.165) is 61.8 Å². The van der Waals surface area contributed by atoms with E-state index < -0.39 is 26.0 Å². The van der Waals surface area contributed by atoms with Gasteiger partial charge in [-0.15, -0.1) is 0 Å². The van der Waals surface area contributed by atoms with Crippen LogP contribution in [-0.2, 0) is 44.0 Å². The van der Waals surface area contributed by atoms with Crippen LogP contribution in [0.15, 0.2) is 34.1 Å². The monoisotopic (exact) mass is 1080 g/mol. The predicted molar refractivity (Wildman–Crippen MR) is 288 cm³/mol. The molecule has 2 aromatic rings. The first kappa shape index (κ1) is 62.5. The molecule has 1 amide bonds. The van der Waals surface area contributed by atoms with Gasteiger partial charge in [-0.25, -0.2) is 25.4 Å². The van der Waals surface area contributed by atoms with Crippen LogP contribution in [-0.4, -0.2) is 227 Å². The van der Waals surface area contributed by atoms with Crippen LogP contribution in [0.2, 0.25) is 0 Å². The molecule has 4 saturated heterocycles. The van der Waals surface area contributed by atoms with Crippen molar-refractivity contribution in [1.82, 2.24) is 38.4 Å². The average molecular weight is 1080 g/mol. The summed E-state index contributed by atoms with van der Waals surface area (Å²) in [6.45, 7) is 16.1. The van der Waals surface area contributed by atoms with Crippen LogP contribution in [0, 0.1) is 27.7 Å². The quantitative estimate of drug-likeness (QED) is 0.149. The summed E-state index contributed by atoms with van der Waals surface area (Å²) in [6.07, 6.45) is 6.69. The lowest BCUT2D eigenvalue weighted by Gasteiger charge is -2.35. The lowest BCUT2D eigenvalue weighted by Crippen LogP contribution is -2.45. The Morgan fingerprint density at radius 2 is 0.986 bits per heavy atom. The van der Waals surface area contributed by atoms with Gasteiger partial charge in [0.2, 0.25) is 26.0 Å². The van der Waals surface area contributed by atoms with E-state index in [0.29, 0.717) is 39.8 Å². The molecule has 0 aliphatic carbocycles. The Kier molecular flexibility index (Phi) is 24.4. The van der Waals surface area contributed by atoms with Gasteiger partial charge < -0.3 is 34.2 Å². The number of ketones is 2. The molecule has 2 aromatic carbocycles. The van der Waals surface area contributed by atoms with Gasteiger partial charge in [-0.3, -0.25) is 29.0 Å². The van der Waals surface area contributed by atoms with Gasteiger partial charge in [0.15, 0.2) is 0 Å². The third-order valence-corrected chi connectivity index (χ3v) is 19.5. The molecule has 418 valence electrons. The Balaban J connectivity index is 0.000000266. The topological polar surface area (TPSA) is 199 Å². The van der Waals surface area contributed by atoms with Gasteiger partial charge in [-0.2, -0.15) is 0 Å². The van der Waals surface area contributed by atoms with Gasteiger partial charge in [0.25, 0.3) is 0 Å². The first-order chi connectivity index (χ1) is 34.9. The molecule has 21 heteroatoms. The molecule has 0 aromatic heterocycles. The molecule has 0 bridgehead atoms. The maximum Gasteiger partial charge on any atom is 0.313 e. The zero-order chi connectivity index (χ0) is 55.1. The van der Waals surface area contributed by atoms with Crippen LogP contribution >= 0.6 is 0 Å². The number of piperidine rings is 2. The number of sulfonamides is 2. The van der Waals surface area contributed by atoms with Gasteiger partial charge in [0, 0.05) is 97.4 Å². The Labute approximate surface area is 443 Å². The second-order valence-electron chi connectivity index (χ2n) is 20.6. The number of likely N-dealkylation sites (N-methyl/N-ethyl adjacent to an activating group) is 2. The number of nitrogens with zero attached hydrogens (tertiary/aromatic N) is 7. The van der Waals surface area contributed by atoms with E-state index >= 15 is 0 Å². The number of Topliss-reactive ketones (excluding diaryl/α,β-unsaturated/α-hetero) is 2. The number of amides is 1. The van der Waals surface area contributed by atoms with E-state index in [9.17, 15) is 36.0 Å². The lowest BCUT2D eigenvalue weighted by molar-refractivity contribution is -0.143. The highest BCUT2D eigenvalue weighted by Crippen LogP contribution is 2.30. The van der Waals surface area contributed by atoms with Gasteiger partial charge >= 0.3 is 5.97 Å². The van der Waals surface area contributed by atoms with Crippen LogP contribution in [0.25, 0.3) is 0 Å². The number of ether oxygens (including phenoxy) is 3. The first-order valence-corrected chi connectivity index (χ1v) is 28.9. The van der Waals surface area contributed by atoms with E-state index in [1.54, 1.807) is 63.9 Å². The zero-order valence-electron chi connectivity index (χ0n) is 46.7. The molecular weight excluding hydrogens is 989 g/mol. The fourth-order valence-electron chi connectivity index (χ4n) is 10.4. The largest absolute Gasteiger partial charge is 0.497 e. The van der Waals surface area contributed by atoms with Gasteiger partial charge in [-0.05, 0) is 160 Å². The minimum Gasteiger partial charge on any atom is -0.497 e. The molecule has 1 N–H and O–H groups in total. The Hall–Kier alpha value is -4.06. The Morgan fingerprint density at radius 3 is 1.36 bits per heavy atom. The summed E-state index contributed by atoms with van der Waals surface area (Å²) in [5.74, 6) is -0.259. The smallest absolute Gasteiger partial charge is 0.313 e. The maximum atomic E-state index is 13.2. The molecule has 74 heavy (non-hydrogen) atoms. The maximum absolute atomic E-state index is 13.2. The molecule has 0 saturated carbocycles. The lowest BCUT2D eigenvalue weighted by atomic mass is 10.0. The van der Waals surface area contributed by atoms with Crippen molar-refractivity contribution < 1.29 is 50.2 Å². The Bertz CT molecular complexity index is 2380. The molecule has 19 nitrogen and oxygen atoms in total. The fourth-order valence-corrected chi connectivity index (χ4v) is 13.5. The van der Waals surface area contributed by atoms with Crippen molar-refractivity contribution in [2.75, 3.05) is 129 Å². The number of esters is 1. The molecule has 4 fully saturated rings. The minimum atomic E-state index is -3.78. The number of benzene rings is 2. The minimum absolute atomic E-state index is 0.00402. The molecule has 0 radical (unpaired) electrons. The molecule has 4 heterocycles. The van der Waals surface area contributed by atoms with Crippen molar-refractivity contribution in [2.45, 2.75) is 126 Å². The highest BCUT2D eigenvalue weighted by molar-refractivity contribution is 7.89. The number of hydrogen-bond acceptors (Lipinski definition) is 16. The summed E-state index contributed by atoms with van der Waals surface area (Å²) in [7, 11) is 7.86. The highest BCUT2D eigenvalue weighted by Gasteiger charge is 2.35. The van der Waals surface area contributed by atoms with Crippen LogP contribution in [0.4, 0.5) is 0 Å². The van der Waals surface area contributed by atoms with Crippen molar-refractivity contribution >= 4 is 43.5 Å². The second kappa shape index (κ2) is 28.9. The summed E-state index contributed by atoms with van der Waals surface area (Å²) in [5, 5.41) is 3.39. The van der Waals surface area contributed by atoms with Crippen molar-refractivity contribution in [3.63, 3.8) is 0 Å². The standard InChI is InChI=1S/C26H42N4O5S.C16H23NO6S.C11H23N3/c1-19-15-24(35-6)16-20(2)26(19)36(33,34)28(4)13-10-23(31)17-25(32)29(5)22-9-14-30(18-22)21-7-11-27(3)12-8-21;1-11-8-14(22-4)9-12(2)16(11)24(20,21)17(3)7-6-13(18)10-15(19)23-5;1-12-10-3-8-14(9-10)11-4-6-13(2)7-5-11/h15-16,21-22H,7-14,17-18H2,1-6H3;8-9H,6-7,10H2,1-5H3;10-12H,3-9H2,1-2H3/t22-;;10-/m1.1/s1. The van der Waals surface area contributed by atoms with E-state index in [4.69, 9.17) is 9.47 Å². The van der Waals surface area contributed by atoms with Gasteiger partial charge in [0.05, 0.1) is 37.5 Å². The molecule has 6 rings (SSSR count). The molecule has 0 spiro atoms. The Morgan fingerprint density at radius 1 is 0.595 bits per heavy atom. The summed E-state index contributed by atoms with van der Waals surface area (Å²) in [6, 6.07) is 8.97. The summed E-state index contributed by atoms with van der Waals surface area (Å²) in [5.41, 5.74) is 2.32. The van der Waals surface area contributed by atoms with Crippen LogP contribution < -0.4 is 14.8 Å². The summed E-state index contributed by atoms with van der Waals surface area (Å²) < 4.78 is 68.9. The molecule has 2 atom stereocenters. The van der Waals surface area contributed by atoms with Gasteiger partial charge in [-0.1, -0.05) is 0 Å². The van der Waals surface area contributed by atoms with Crippen LogP contribution in [0.1, 0.15) is 86.5 Å². The van der Waals surface area contributed by atoms with Gasteiger partial charge in [0.1, 0.15) is 29.5 Å². The molecular formula is C53H88N8O11S2. The number of nitrogens with one attached hydrogen (secondary N) is 1. The number of methoxy groups -OCH3 is 3. The van der Waals surface area contributed by atoms with Crippen LogP contribution in [0.5, 0.6) is 11.5 Å². The number of rotatable bonds is 20. The van der Waals surface area contributed by atoms with Crippen LogP contribution in [0.3, 0.4) is 0 Å². The third-order valence-electron chi connectivity index (χ3n) is 15.2. The van der Waals surface area contributed by atoms with E-state index in [2.05, 4.69) is 50.8 Å². The number of likely N-dealkylation sites (tertiary alicyclic amines) is 4. The second-order valence-corrected chi connectivity index (χ2v) is 24.6. The van der Waals surface area contributed by atoms with Crippen molar-refractivity contribution in [1.29, 1.82) is 0 Å². The van der Waals surface area contributed by atoms with E-state index in [1.807, 2.05) is 0 Å². The third kappa shape index (κ3) is 17.5. The fraction of sp³-hybridized carbons (Fsp3) is 0.698. The summed E-state index contributed by atoms with van der Waals surface area (Å²) in [4.78, 5) is 60.3. The highest BCUT2D eigenvalue weighted by atomic mass is 32.2. The number of carbonyl (C=O) groups is 4. The first-order valence-electron chi connectivity index (χ1n) is 26.0. The molecule has 4 aliphatic heterocycles. The normalized spacial score (nSPS) is 19.7. The van der Waals surface area contributed by atoms with E-state index in [1.165, 1.54) is 85.2 Å². The van der Waals surface area contributed by atoms with Crippen molar-refractivity contribution in [2.24, 2.45) is 0 Å². The summed E-state index contributed by atoms with van der Waals surface area (Å²) >= 11 is 0. The SMILES string of the molecule is CN[C@@H]1CCN(C2CCN(C)CC2)C1.COC(=O)CC(=O)CCN(C)S(=O)(=O)c1c(C)cc(OC)cc1C.COc1cc(C)c(S(=O)(=O)N(C)CCC(=O)CC(=O)N(C)[C@@H]2CCN(C3CCN(C)CC3)C2)c(C)c1. The van der Waals surface area contributed by atoms with Crippen molar-refractivity contribution in [3.8, 4) is 11.5 Å². The zero-order valence-corrected chi connectivity index (χ0v) is 48.3. The molecule has 4 aliphatic rings. The van der Waals surface area contributed by atoms with E-state index in [-0.39, 0.29) is 72.1 Å². The number of aryl methyl sites for hydroxylation is 4. The van der Waals surface area contributed by atoms with Crippen molar-refractivity contribution in [3.05, 3.63) is 46.5 Å². The molecule has 0 unspecified atom stereocenters. The number of carbonyl (C=O) groups excluding carboxylic acids is 4. The average Bonchev–Trinajstić information content (AvgIpc) is 4.06. The number of hydrogen-bond donors (Lipinski definition) is 1. The predicted octanol–water partition coefficient (Wildman–Crippen LogP) is 3.74.